The van der Waals surface area contributed by atoms with Gasteiger partial charge in [-0.1, -0.05) is 30.3 Å². The van der Waals surface area contributed by atoms with Crippen molar-refractivity contribution in [1.82, 2.24) is 29.9 Å². The van der Waals surface area contributed by atoms with Crippen LogP contribution in [-0.2, 0) is 20.9 Å². The number of aromatic amines is 1. The molecule has 0 saturated carbocycles. The topological polar surface area (TPSA) is 124 Å². The van der Waals surface area contributed by atoms with Gasteiger partial charge in [-0.2, -0.15) is 5.10 Å². The zero-order valence-electron chi connectivity index (χ0n) is 32.4. The summed E-state index contributed by atoms with van der Waals surface area (Å²) in [4.78, 5) is 58.2. The van der Waals surface area contributed by atoms with Crippen molar-refractivity contribution in [2.75, 3.05) is 45.2 Å². The molecule has 11 nitrogen and oxygen atoms in total. The highest BCUT2D eigenvalue weighted by Crippen LogP contribution is 2.39. The molecule has 58 heavy (non-hydrogen) atoms. The summed E-state index contributed by atoms with van der Waals surface area (Å²) in [5.74, 6) is -3.89. The van der Waals surface area contributed by atoms with E-state index in [4.69, 9.17) is 0 Å². The number of piperidine rings is 2. The molecule has 3 aliphatic heterocycles. The van der Waals surface area contributed by atoms with Gasteiger partial charge in [0.05, 0.1) is 17.1 Å². The second-order valence-corrected chi connectivity index (χ2v) is 15.5. The highest BCUT2D eigenvalue weighted by atomic mass is 19.1. The summed E-state index contributed by atoms with van der Waals surface area (Å²) in [6.07, 6.45) is 7.89. The Hall–Kier alpha value is -6.18. The van der Waals surface area contributed by atoms with E-state index in [1.165, 1.54) is 4.90 Å². The minimum absolute atomic E-state index is 0.0389. The Labute approximate surface area is 333 Å². The van der Waals surface area contributed by atoms with Gasteiger partial charge in [-0.25, -0.2) is 13.2 Å². The van der Waals surface area contributed by atoms with Crippen molar-refractivity contribution < 1.29 is 32.3 Å². The first-order chi connectivity index (χ1) is 27.9. The number of hydrogen-bond donors (Lipinski definition) is 2. The van der Waals surface area contributed by atoms with Crippen LogP contribution in [0.4, 0.5) is 18.9 Å². The third kappa shape index (κ3) is 7.62. The maximum Gasteiger partial charge on any atom is 0.269 e. The molecule has 14 heteroatoms. The van der Waals surface area contributed by atoms with Crippen LogP contribution in [0.2, 0.25) is 0 Å². The van der Waals surface area contributed by atoms with Gasteiger partial charge >= 0.3 is 0 Å². The lowest BCUT2D eigenvalue weighted by atomic mass is 9.87. The minimum atomic E-state index is -0.915. The van der Waals surface area contributed by atoms with Crippen molar-refractivity contribution in [3.8, 4) is 11.1 Å². The van der Waals surface area contributed by atoms with Crippen molar-refractivity contribution in [3.63, 3.8) is 0 Å². The van der Waals surface area contributed by atoms with Crippen LogP contribution >= 0.6 is 0 Å². The first kappa shape index (κ1) is 38.7. The molecule has 0 bridgehead atoms. The van der Waals surface area contributed by atoms with Gasteiger partial charge in [0.2, 0.25) is 17.7 Å². The number of imide groups is 1. The summed E-state index contributed by atoms with van der Waals surface area (Å²) in [7, 11) is 3.28. The van der Waals surface area contributed by atoms with Crippen molar-refractivity contribution in [2.45, 2.75) is 56.9 Å². The number of fused-ring (bicyclic) bond motifs is 1. The molecule has 300 valence electrons. The molecule has 4 amide bonds. The van der Waals surface area contributed by atoms with Crippen molar-refractivity contribution in [1.29, 1.82) is 0 Å². The molecule has 2 saturated heterocycles. The average Bonchev–Trinajstić information content (AvgIpc) is 3.93. The molecule has 1 unspecified atom stereocenters. The van der Waals surface area contributed by atoms with Gasteiger partial charge in [0.15, 0.2) is 5.82 Å². The van der Waals surface area contributed by atoms with Gasteiger partial charge in [-0.05, 0) is 78.1 Å². The number of benzene rings is 3. The first-order valence-corrected chi connectivity index (χ1v) is 19.6. The number of carbonyl (C=O) groups excluding carboxylic acids is 4. The number of anilines is 1. The molecule has 5 aromatic rings. The maximum atomic E-state index is 16.5. The lowest BCUT2D eigenvalue weighted by Gasteiger charge is -2.34. The van der Waals surface area contributed by atoms with E-state index >= 15 is 13.2 Å². The molecular weight excluding hydrogens is 748 g/mol. The van der Waals surface area contributed by atoms with Crippen LogP contribution in [0.5, 0.6) is 0 Å². The van der Waals surface area contributed by atoms with Crippen LogP contribution < -0.4 is 10.2 Å². The maximum absolute atomic E-state index is 16.5. The van der Waals surface area contributed by atoms with E-state index in [-0.39, 0.29) is 66.0 Å². The Balaban J connectivity index is 1.01. The highest BCUT2D eigenvalue weighted by molar-refractivity contribution is 6.04. The number of aromatic nitrogens is 3. The third-order valence-corrected chi connectivity index (χ3v) is 11.7. The highest BCUT2D eigenvalue weighted by Gasteiger charge is 2.32. The summed E-state index contributed by atoms with van der Waals surface area (Å²) in [6.45, 7) is 2.22. The Kier molecular flexibility index (Phi) is 10.7. The Morgan fingerprint density at radius 2 is 1.71 bits per heavy atom. The number of halogens is 3. The third-order valence-electron chi connectivity index (χ3n) is 11.7. The number of aryl methyl sites for hydroxylation is 1. The fourth-order valence-corrected chi connectivity index (χ4v) is 8.48. The van der Waals surface area contributed by atoms with Gasteiger partial charge in [0.25, 0.3) is 5.91 Å². The Morgan fingerprint density at radius 3 is 2.41 bits per heavy atom. The van der Waals surface area contributed by atoms with Gasteiger partial charge in [0.1, 0.15) is 17.3 Å². The zero-order valence-corrected chi connectivity index (χ0v) is 32.4. The van der Waals surface area contributed by atoms with E-state index < -0.39 is 35.2 Å². The molecule has 0 radical (unpaired) electrons. The van der Waals surface area contributed by atoms with Crippen molar-refractivity contribution in [3.05, 3.63) is 113 Å². The second-order valence-electron chi connectivity index (χ2n) is 15.5. The largest absolute Gasteiger partial charge is 0.369 e. The fourth-order valence-electron chi connectivity index (χ4n) is 8.48. The SMILES string of the molecule is CN(C)C(=O)c1cc2c(-c3ccc(C4CCN(c5cc(F)c(C6CCC(=O)NC6=O)cc5F)CC4)cc3)cc(C3=CCCN(C(=O)CCn4cccn4)C3)c(F)c2[nH]1. The lowest BCUT2D eigenvalue weighted by molar-refractivity contribution is -0.134. The van der Waals surface area contributed by atoms with Crippen LogP contribution in [0.25, 0.3) is 27.6 Å². The predicted molar refractivity (Wildman–Crippen MR) is 213 cm³/mol. The van der Waals surface area contributed by atoms with E-state index in [0.29, 0.717) is 62.0 Å². The smallest absolute Gasteiger partial charge is 0.269 e. The van der Waals surface area contributed by atoms with Crippen molar-refractivity contribution >= 4 is 45.8 Å². The number of nitrogens with zero attached hydrogens (tertiary/aromatic N) is 5. The van der Waals surface area contributed by atoms with Crippen LogP contribution in [0, 0.1) is 17.5 Å². The quantitative estimate of drug-likeness (QED) is 0.159. The Bertz CT molecular complexity index is 2430. The van der Waals surface area contributed by atoms with Crippen LogP contribution in [0.3, 0.4) is 0 Å². The summed E-state index contributed by atoms with van der Waals surface area (Å²) >= 11 is 0. The molecule has 2 N–H and O–H groups in total. The number of nitrogens with one attached hydrogen (secondary N) is 2. The summed E-state index contributed by atoms with van der Waals surface area (Å²) in [6, 6.07) is 15.6. The van der Waals surface area contributed by atoms with Gasteiger partial charge in [0, 0.05) is 94.6 Å². The monoisotopic (exact) mass is 791 g/mol. The van der Waals surface area contributed by atoms with Gasteiger partial charge in [-0.3, -0.25) is 29.2 Å². The Morgan fingerprint density at radius 1 is 0.931 bits per heavy atom. The van der Waals surface area contributed by atoms with E-state index in [9.17, 15) is 19.2 Å². The van der Waals surface area contributed by atoms with E-state index in [2.05, 4.69) is 15.4 Å². The first-order valence-electron chi connectivity index (χ1n) is 19.6. The van der Waals surface area contributed by atoms with Crippen molar-refractivity contribution in [2.24, 2.45) is 0 Å². The van der Waals surface area contributed by atoms with Crippen LogP contribution in [-0.4, -0.2) is 88.5 Å². The normalized spacial score (nSPS) is 17.7. The standard InChI is InChI=1S/C44H44F3N7O4/c1-51(2)44(58)37-23-34-31(21-32(41(47)42(34)49-37)29-5-3-16-53(25-29)40(56)14-20-54-17-4-15-48-54)28-8-6-26(7-9-28)27-12-18-52(19-13-27)38-24-35(45)33(22-36(38)46)30-10-11-39(55)50-43(30)57/h4-9,15,17,21-24,27,30,49H,3,10-14,16,18-20,25H2,1-2H3,(H,50,55,57). The number of rotatable bonds is 9. The molecule has 0 spiro atoms. The number of amides is 4. The van der Waals surface area contributed by atoms with Gasteiger partial charge in [-0.15, -0.1) is 0 Å². The minimum Gasteiger partial charge on any atom is -0.369 e. The molecule has 8 rings (SSSR count). The molecular formula is C44H44F3N7O4. The predicted octanol–water partition coefficient (Wildman–Crippen LogP) is 6.76. The lowest BCUT2D eigenvalue weighted by Crippen LogP contribution is -2.40. The molecule has 2 aromatic heterocycles. The van der Waals surface area contributed by atoms with E-state index in [1.54, 1.807) is 35.9 Å². The van der Waals surface area contributed by atoms with Crippen LogP contribution in [0.1, 0.15) is 77.5 Å². The van der Waals surface area contributed by atoms with E-state index in [1.807, 2.05) is 53.6 Å². The zero-order chi connectivity index (χ0) is 40.7. The number of H-pyrrole nitrogens is 1. The number of carbonyl (C=O) groups is 4. The van der Waals surface area contributed by atoms with Gasteiger partial charge < -0.3 is 19.7 Å². The molecule has 1 atom stereocenters. The average molecular weight is 792 g/mol. The molecule has 2 fully saturated rings. The fraction of sp³-hybridized carbons (Fsp3) is 0.341. The summed E-state index contributed by atoms with van der Waals surface area (Å²) < 4.78 is 49.0. The van der Waals surface area contributed by atoms with Crippen LogP contribution in [0.15, 0.2) is 73.1 Å². The van der Waals surface area contributed by atoms with E-state index in [0.717, 1.165) is 28.8 Å². The summed E-state index contributed by atoms with van der Waals surface area (Å²) in [5.41, 5.74) is 4.28. The molecule has 3 aliphatic rings. The number of hydrogen-bond acceptors (Lipinski definition) is 6. The molecule has 0 aliphatic carbocycles. The molecule has 5 heterocycles. The second kappa shape index (κ2) is 16.0. The molecule has 3 aromatic carbocycles. The summed E-state index contributed by atoms with van der Waals surface area (Å²) in [5, 5.41) is 6.95.